The van der Waals surface area contributed by atoms with Gasteiger partial charge in [-0.1, -0.05) is 5.10 Å². The largest absolute Gasteiger partial charge is 0.556 e. The Balaban J connectivity index is 3.06. The summed E-state index contributed by atoms with van der Waals surface area (Å²) in [6.07, 6.45) is 2.60. The van der Waals surface area contributed by atoms with Crippen LogP contribution in [0.4, 0.5) is 9.59 Å². The summed E-state index contributed by atoms with van der Waals surface area (Å²) in [5, 5.41) is 3.96. The fourth-order valence-electron chi connectivity index (χ4n) is 1.47. The Morgan fingerprint density at radius 2 is 1.64 bits per heavy atom. The number of nitrogens with two attached hydrogens (primary N) is 1. The maximum absolute atomic E-state index is 12.4. The number of aliphatic imine (C=N–C) groups is 1. The highest BCUT2D eigenvalue weighted by molar-refractivity contribution is 5.92. The molecule has 0 bridgehead atoms. The zero-order valence-corrected chi connectivity index (χ0v) is 13.8. The fraction of sp³-hybridized carbons (Fsp3) is 0.571. The van der Waals surface area contributed by atoms with Gasteiger partial charge in [-0.3, -0.25) is 0 Å². The quantitative estimate of drug-likeness (QED) is 0.420. The minimum Gasteiger partial charge on any atom is -0.442 e. The number of quaternary nitrogens is 1. The number of carbonyl (C=O) groups excluding carboxylic acids is 2. The van der Waals surface area contributed by atoms with E-state index in [1.807, 2.05) is 0 Å². The zero-order chi connectivity index (χ0) is 17.2. The summed E-state index contributed by atoms with van der Waals surface area (Å²) in [7, 11) is 0. The lowest BCUT2D eigenvalue weighted by atomic mass is 10.2. The summed E-state index contributed by atoms with van der Waals surface area (Å²) >= 11 is 0. The second kappa shape index (κ2) is 5.88. The van der Waals surface area contributed by atoms with E-state index >= 15 is 0 Å². The molecule has 8 nitrogen and oxygen atoms in total. The van der Waals surface area contributed by atoms with Gasteiger partial charge in [0, 0.05) is 6.08 Å². The smallest absolute Gasteiger partial charge is 0.442 e. The highest BCUT2D eigenvalue weighted by Gasteiger charge is 2.47. The molecular formula is C14H23N4O4+. The van der Waals surface area contributed by atoms with E-state index in [1.54, 1.807) is 41.5 Å². The molecular weight excluding hydrogens is 288 g/mol. The molecule has 8 heteroatoms. The van der Waals surface area contributed by atoms with Gasteiger partial charge in [-0.2, -0.15) is 4.79 Å². The number of nitrogens with zero attached hydrogens (tertiary/aromatic N) is 3. The molecule has 0 aromatic rings. The van der Waals surface area contributed by atoms with Gasteiger partial charge in [-0.15, -0.1) is 4.99 Å². The average Bonchev–Trinajstić information content (AvgIpc) is 2.73. The number of rotatable bonds is 0. The van der Waals surface area contributed by atoms with Crippen molar-refractivity contribution < 1.29 is 23.7 Å². The molecule has 1 aliphatic rings. The van der Waals surface area contributed by atoms with Crippen molar-refractivity contribution in [2.24, 2.45) is 15.8 Å². The molecule has 122 valence electrons. The van der Waals surface area contributed by atoms with E-state index in [-0.39, 0.29) is 5.96 Å². The Morgan fingerprint density at radius 1 is 1.09 bits per heavy atom. The molecule has 0 radical (unpaired) electrons. The first kappa shape index (κ1) is 17.8. The van der Waals surface area contributed by atoms with Crippen LogP contribution >= 0.6 is 0 Å². The first-order chi connectivity index (χ1) is 9.86. The minimum absolute atomic E-state index is 0.353. The standard InChI is InChI=1S/C14H22N4O4/c1-13(2,3)21-11(19)17-10(15)18(9-7-8-16-18)12(20)22-14(4,5)6/h7-9H,1-6H3,(H-,15,17,19)/p+1. The number of hydrogen-bond donors (Lipinski definition) is 1. The van der Waals surface area contributed by atoms with Crippen LogP contribution in [0.25, 0.3) is 0 Å². The van der Waals surface area contributed by atoms with Crippen molar-refractivity contribution in [2.45, 2.75) is 52.7 Å². The van der Waals surface area contributed by atoms with Crippen LogP contribution in [0.2, 0.25) is 0 Å². The van der Waals surface area contributed by atoms with Gasteiger partial charge in [0.15, 0.2) is 0 Å². The normalized spacial score (nSPS) is 21.8. The SMILES string of the molecule is CC(C)(C)OC(=O)N=C(N)[N+]1(C(=O)OC(C)(C)C)C=CC=N1. The Morgan fingerprint density at radius 3 is 2.05 bits per heavy atom. The van der Waals surface area contributed by atoms with Crippen LogP contribution in [0.5, 0.6) is 0 Å². The molecule has 1 atom stereocenters. The molecule has 1 heterocycles. The minimum atomic E-state index is -0.901. The van der Waals surface area contributed by atoms with Crippen molar-refractivity contribution in [3.63, 3.8) is 0 Å². The van der Waals surface area contributed by atoms with Gasteiger partial charge in [0.25, 0.3) is 0 Å². The number of guanidine groups is 1. The second-order valence-corrected chi connectivity index (χ2v) is 6.72. The lowest BCUT2D eigenvalue weighted by Crippen LogP contribution is -2.53. The highest BCUT2D eigenvalue weighted by atomic mass is 16.6. The van der Waals surface area contributed by atoms with Gasteiger partial charge in [-0.25, -0.2) is 4.79 Å². The second-order valence-electron chi connectivity index (χ2n) is 6.72. The molecule has 0 fully saturated rings. The third kappa shape index (κ3) is 4.66. The molecule has 22 heavy (non-hydrogen) atoms. The predicted octanol–water partition coefficient (Wildman–Crippen LogP) is 2.50. The van der Waals surface area contributed by atoms with Crippen molar-refractivity contribution in [2.75, 3.05) is 0 Å². The van der Waals surface area contributed by atoms with Gasteiger partial charge < -0.3 is 15.2 Å². The van der Waals surface area contributed by atoms with Crippen LogP contribution < -0.4 is 5.73 Å². The predicted molar refractivity (Wildman–Crippen MR) is 82.0 cm³/mol. The van der Waals surface area contributed by atoms with Crippen molar-refractivity contribution in [1.29, 1.82) is 0 Å². The summed E-state index contributed by atoms with van der Waals surface area (Å²) in [5.41, 5.74) is 4.35. The first-order valence-corrected chi connectivity index (χ1v) is 6.79. The lowest BCUT2D eigenvalue weighted by molar-refractivity contribution is -0.717. The number of ether oxygens (including phenoxy) is 2. The van der Waals surface area contributed by atoms with Crippen LogP contribution in [0.15, 0.2) is 22.4 Å². The number of hydrogen-bond acceptors (Lipinski definition) is 5. The Hall–Kier alpha value is -2.22. The lowest BCUT2D eigenvalue weighted by Gasteiger charge is -2.25. The molecule has 1 aliphatic heterocycles. The van der Waals surface area contributed by atoms with Crippen molar-refractivity contribution >= 4 is 24.4 Å². The molecule has 0 saturated heterocycles. The van der Waals surface area contributed by atoms with Gasteiger partial charge in [-0.05, 0) is 46.1 Å². The summed E-state index contributed by atoms with van der Waals surface area (Å²) in [4.78, 5) is 27.7. The molecule has 0 spiro atoms. The van der Waals surface area contributed by atoms with Crippen molar-refractivity contribution in [3.8, 4) is 0 Å². The molecule has 0 aromatic heterocycles. The van der Waals surface area contributed by atoms with Gasteiger partial charge in [0.05, 0.1) is 6.21 Å². The first-order valence-electron chi connectivity index (χ1n) is 6.79. The average molecular weight is 311 g/mol. The molecule has 2 amide bonds. The molecule has 0 saturated carbocycles. The number of carbonyl (C=O) groups is 2. The topological polar surface area (TPSA) is 103 Å². The summed E-state index contributed by atoms with van der Waals surface area (Å²) in [5.74, 6) is -0.353. The molecule has 2 N–H and O–H groups in total. The van der Waals surface area contributed by atoms with E-state index in [4.69, 9.17) is 15.2 Å². The van der Waals surface area contributed by atoms with Crippen LogP contribution in [0, 0.1) is 0 Å². The fourth-order valence-corrected chi connectivity index (χ4v) is 1.47. The van der Waals surface area contributed by atoms with E-state index in [9.17, 15) is 9.59 Å². The number of amides is 2. The van der Waals surface area contributed by atoms with Crippen LogP contribution in [0.3, 0.4) is 0 Å². The highest BCUT2D eigenvalue weighted by Crippen LogP contribution is 2.21. The Kier molecular flexibility index (Phi) is 4.76. The Bertz CT molecular complexity index is 538. The summed E-state index contributed by atoms with van der Waals surface area (Å²) in [6, 6.07) is 0. The van der Waals surface area contributed by atoms with Crippen LogP contribution in [-0.4, -0.2) is 40.2 Å². The van der Waals surface area contributed by atoms with Gasteiger partial charge >= 0.3 is 18.1 Å². The van der Waals surface area contributed by atoms with Crippen molar-refractivity contribution in [3.05, 3.63) is 12.3 Å². The van der Waals surface area contributed by atoms with E-state index in [0.717, 1.165) is 0 Å². The van der Waals surface area contributed by atoms with Gasteiger partial charge in [0.1, 0.15) is 17.4 Å². The zero-order valence-electron chi connectivity index (χ0n) is 13.8. The summed E-state index contributed by atoms with van der Waals surface area (Å²) < 4.78 is 9.48. The van der Waals surface area contributed by atoms with Crippen LogP contribution in [-0.2, 0) is 9.47 Å². The van der Waals surface area contributed by atoms with Gasteiger partial charge in [0.2, 0.25) is 0 Å². The maximum atomic E-state index is 12.4. The number of allylic oxidation sites excluding steroid dienone is 1. The Labute approximate surface area is 129 Å². The van der Waals surface area contributed by atoms with E-state index in [1.165, 1.54) is 18.5 Å². The molecule has 0 aromatic carbocycles. The third-order valence-corrected chi connectivity index (χ3v) is 2.26. The third-order valence-electron chi connectivity index (χ3n) is 2.26. The van der Waals surface area contributed by atoms with Crippen LogP contribution in [0.1, 0.15) is 41.5 Å². The monoisotopic (exact) mass is 311 g/mol. The molecule has 1 unspecified atom stereocenters. The molecule has 1 rings (SSSR count). The summed E-state index contributed by atoms with van der Waals surface area (Å²) in [6.45, 7) is 10.2. The van der Waals surface area contributed by atoms with E-state index in [0.29, 0.717) is 0 Å². The van der Waals surface area contributed by atoms with Crippen molar-refractivity contribution in [1.82, 2.24) is 0 Å². The molecule has 0 aliphatic carbocycles. The van der Waals surface area contributed by atoms with E-state index in [2.05, 4.69) is 10.1 Å². The maximum Gasteiger partial charge on any atom is 0.556 e. The van der Waals surface area contributed by atoms with E-state index < -0.39 is 28.0 Å².